The number of ether oxygens (including phenoxy) is 3. The molecule has 3 fully saturated rings. The van der Waals surface area contributed by atoms with Gasteiger partial charge in [0.15, 0.2) is 11.5 Å². The molecule has 1 aromatic rings. The second kappa shape index (κ2) is 6.88. The van der Waals surface area contributed by atoms with Gasteiger partial charge in [-0.15, -0.1) is 6.58 Å². The lowest BCUT2D eigenvalue weighted by Crippen LogP contribution is -2.80. The Hall–Kier alpha value is -2.31. The van der Waals surface area contributed by atoms with E-state index in [2.05, 4.69) is 41.1 Å². The highest BCUT2D eigenvalue weighted by Gasteiger charge is 2.80. The van der Waals surface area contributed by atoms with Crippen molar-refractivity contribution < 1.29 is 19.0 Å². The Morgan fingerprint density at radius 3 is 2.91 bits per heavy atom. The lowest BCUT2D eigenvalue weighted by Gasteiger charge is -2.71. The average Bonchev–Trinajstić information content (AvgIpc) is 3.60. The van der Waals surface area contributed by atoms with Gasteiger partial charge in [0.25, 0.3) is 0 Å². The van der Waals surface area contributed by atoms with Gasteiger partial charge in [0.2, 0.25) is 5.91 Å². The molecule has 8 rings (SSSR count). The van der Waals surface area contributed by atoms with Crippen LogP contribution in [-0.4, -0.2) is 62.4 Å². The number of carbonyl (C=O) groups excluding carboxylic acids is 1. The zero-order valence-electron chi connectivity index (χ0n) is 20.1. The van der Waals surface area contributed by atoms with Gasteiger partial charge in [-0.05, 0) is 56.2 Å². The van der Waals surface area contributed by atoms with E-state index in [1.165, 1.54) is 30.5 Å². The summed E-state index contributed by atoms with van der Waals surface area (Å²) in [6.45, 7) is 6.48. The molecular formula is C28H34N2O4. The zero-order valence-corrected chi connectivity index (χ0v) is 20.1. The quantitative estimate of drug-likeness (QED) is 0.632. The van der Waals surface area contributed by atoms with Gasteiger partial charge in [0.1, 0.15) is 11.7 Å². The van der Waals surface area contributed by atoms with Crippen molar-refractivity contribution in [3.63, 3.8) is 0 Å². The van der Waals surface area contributed by atoms with Crippen molar-refractivity contribution >= 4 is 5.91 Å². The molecule has 34 heavy (non-hydrogen) atoms. The average molecular weight is 463 g/mol. The van der Waals surface area contributed by atoms with E-state index in [-0.39, 0.29) is 28.8 Å². The van der Waals surface area contributed by atoms with E-state index in [0.29, 0.717) is 12.6 Å². The number of fused-ring (bicyclic) bond motifs is 1. The summed E-state index contributed by atoms with van der Waals surface area (Å²) >= 11 is 0. The van der Waals surface area contributed by atoms with Gasteiger partial charge in [-0.1, -0.05) is 24.3 Å². The Labute approximate surface area is 201 Å². The Morgan fingerprint density at radius 2 is 2.18 bits per heavy atom. The van der Waals surface area contributed by atoms with Gasteiger partial charge < -0.3 is 19.5 Å². The van der Waals surface area contributed by atoms with Gasteiger partial charge in [0.05, 0.1) is 18.4 Å². The standard InChI is InChI=1S/C28H34N2O4/c1-4-12-29-24(31)19-15-26-9-10-28(19,33-3)25-27(26)11-13-30(16-17-5-6-17)21(26)14-18-7-8-20(32-2)23(34-25)22(18)27/h4,7-10,17,19,21,25H,1,5-6,11-16H2,2-3H3,(H,29,31)/t19-,21-,25?,26-,27+,28-/m1/s1. The fourth-order valence-electron chi connectivity index (χ4n) is 8.52. The number of rotatable bonds is 7. The first-order chi connectivity index (χ1) is 16.5. The second-order valence-electron chi connectivity index (χ2n) is 11.2. The van der Waals surface area contributed by atoms with Crippen LogP contribution in [0.1, 0.15) is 36.8 Å². The van der Waals surface area contributed by atoms with E-state index in [0.717, 1.165) is 43.2 Å². The maximum absolute atomic E-state index is 13.6. The number of methoxy groups -OCH3 is 2. The molecule has 1 aromatic carbocycles. The molecular weight excluding hydrogens is 428 g/mol. The SMILES string of the molecule is C=CCNC(=O)[C@H]1C[C@@]23C=C[C@]1(OC)C1Oc4c(OC)ccc5c4[C@@]12CCN(CC1CC1)[C@@H]3C5. The van der Waals surface area contributed by atoms with Crippen molar-refractivity contribution in [3.8, 4) is 11.5 Å². The molecule has 1 saturated heterocycles. The number of nitrogens with one attached hydrogen (secondary N) is 1. The molecule has 0 aromatic heterocycles. The highest BCUT2D eigenvalue weighted by molar-refractivity contribution is 5.83. The zero-order chi connectivity index (χ0) is 23.3. The predicted octanol–water partition coefficient (Wildman–Crippen LogP) is 3.00. The number of amides is 1. The topological polar surface area (TPSA) is 60.0 Å². The van der Waals surface area contributed by atoms with Crippen LogP contribution < -0.4 is 14.8 Å². The molecule has 7 aliphatic rings. The molecule has 1 amide bonds. The van der Waals surface area contributed by atoms with Crippen LogP contribution in [-0.2, 0) is 21.4 Å². The lowest BCUT2D eigenvalue weighted by atomic mass is 9.37. The molecule has 180 valence electrons. The molecule has 2 aliphatic heterocycles. The summed E-state index contributed by atoms with van der Waals surface area (Å²) in [6, 6.07) is 4.68. The third-order valence-corrected chi connectivity index (χ3v) is 10.0. The number of hydrogen-bond donors (Lipinski definition) is 1. The van der Waals surface area contributed by atoms with Crippen molar-refractivity contribution in [3.05, 3.63) is 48.1 Å². The third kappa shape index (κ3) is 2.27. The van der Waals surface area contributed by atoms with Crippen LogP contribution in [0.3, 0.4) is 0 Å². The van der Waals surface area contributed by atoms with E-state index in [1.54, 1.807) is 20.3 Å². The summed E-state index contributed by atoms with van der Waals surface area (Å²) in [5.74, 6) is 2.21. The normalized spacial score (nSPS) is 40.5. The Bertz CT molecular complexity index is 1110. The Morgan fingerprint density at radius 1 is 1.32 bits per heavy atom. The fourth-order valence-corrected chi connectivity index (χ4v) is 8.52. The molecule has 1 N–H and O–H groups in total. The highest BCUT2D eigenvalue weighted by Crippen LogP contribution is 2.74. The fraction of sp³-hybridized carbons (Fsp3) is 0.607. The van der Waals surface area contributed by atoms with Gasteiger partial charge >= 0.3 is 0 Å². The molecule has 1 unspecified atom stereocenters. The molecule has 2 spiro atoms. The minimum Gasteiger partial charge on any atom is -0.493 e. The minimum atomic E-state index is -0.811. The summed E-state index contributed by atoms with van der Waals surface area (Å²) in [7, 11) is 3.45. The smallest absolute Gasteiger partial charge is 0.226 e. The highest BCUT2D eigenvalue weighted by atomic mass is 16.6. The first-order valence-electron chi connectivity index (χ1n) is 12.8. The number of nitrogens with zero attached hydrogens (tertiary/aromatic N) is 1. The van der Waals surface area contributed by atoms with Crippen molar-refractivity contribution in [1.82, 2.24) is 10.2 Å². The van der Waals surface area contributed by atoms with Crippen molar-refractivity contribution in [2.24, 2.45) is 17.3 Å². The summed E-state index contributed by atoms with van der Waals surface area (Å²) in [5.41, 5.74) is 1.54. The number of likely N-dealkylation sites (tertiary alicyclic amines) is 1. The summed E-state index contributed by atoms with van der Waals surface area (Å²) in [5, 5.41) is 3.08. The molecule has 6 atom stereocenters. The maximum atomic E-state index is 13.6. The first-order valence-corrected chi connectivity index (χ1v) is 12.8. The van der Waals surface area contributed by atoms with Crippen molar-refractivity contribution in [2.75, 3.05) is 33.9 Å². The van der Waals surface area contributed by atoms with Gasteiger partial charge in [-0.25, -0.2) is 0 Å². The molecule has 0 radical (unpaired) electrons. The van der Waals surface area contributed by atoms with E-state index in [4.69, 9.17) is 14.2 Å². The molecule has 6 heteroatoms. The molecule has 6 nitrogen and oxygen atoms in total. The number of benzene rings is 1. The van der Waals surface area contributed by atoms with E-state index in [1.807, 2.05) is 0 Å². The number of carbonyl (C=O) groups is 1. The maximum Gasteiger partial charge on any atom is 0.226 e. The van der Waals surface area contributed by atoms with Crippen LogP contribution in [0.5, 0.6) is 11.5 Å². The second-order valence-corrected chi connectivity index (χ2v) is 11.2. The molecule has 2 heterocycles. The largest absolute Gasteiger partial charge is 0.493 e. The summed E-state index contributed by atoms with van der Waals surface area (Å²) < 4.78 is 19.0. The van der Waals surface area contributed by atoms with Gasteiger partial charge in [-0.2, -0.15) is 0 Å². The predicted molar refractivity (Wildman–Crippen MR) is 128 cm³/mol. The number of hydrogen-bond acceptors (Lipinski definition) is 5. The monoisotopic (exact) mass is 462 g/mol. The van der Waals surface area contributed by atoms with E-state index in [9.17, 15) is 4.79 Å². The Kier molecular flexibility index (Phi) is 4.25. The van der Waals surface area contributed by atoms with Crippen molar-refractivity contribution in [2.45, 2.75) is 55.3 Å². The van der Waals surface area contributed by atoms with E-state index >= 15 is 0 Å². The van der Waals surface area contributed by atoms with Gasteiger partial charge in [-0.3, -0.25) is 9.69 Å². The van der Waals surface area contributed by atoms with Crippen LogP contribution in [0.25, 0.3) is 0 Å². The van der Waals surface area contributed by atoms with Gasteiger partial charge in [0, 0.05) is 37.2 Å². The molecule has 2 saturated carbocycles. The van der Waals surface area contributed by atoms with Crippen molar-refractivity contribution in [1.29, 1.82) is 0 Å². The third-order valence-electron chi connectivity index (χ3n) is 10.0. The molecule has 4 bridgehead atoms. The van der Waals surface area contributed by atoms with Crippen LogP contribution in [0.15, 0.2) is 36.9 Å². The minimum absolute atomic E-state index is 0.0319. The molecule has 5 aliphatic carbocycles. The first kappa shape index (κ1) is 21.0. The number of piperidine rings is 1. The summed E-state index contributed by atoms with van der Waals surface area (Å²) in [6.07, 6.45) is 11.6. The lowest BCUT2D eigenvalue weighted by molar-refractivity contribution is -0.215. The Balaban J connectivity index is 1.45. The van der Waals surface area contributed by atoms with E-state index < -0.39 is 5.60 Å². The summed E-state index contributed by atoms with van der Waals surface area (Å²) in [4.78, 5) is 16.3. The van der Waals surface area contributed by atoms with Crippen LogP contribution >= 0.6 is 0 Å². The van der Waals surface area contributed by atoms with Crippen LogP contribution in [0.4, 0.5) is 0 Å². The van der Waals surface area contributed by atoms with Crippen LogP contribution in [0, 0.1) is 17.3 Å². The van der Waals surface area contributed by atoms with Crippen LogP contribution in [0.2, 0.25) is 0 Å².